The fraction of sp³-hybridized carbons (Fsp3) is 0.286. The highest BCUT2D eigenvalue weighted by Gasteiger charge is 2.15. The number of nitrogens with two attached hydrogens (primary N) is 1. The Morgan fingerprint density at radius 2 is 2.05 bits per heavy atom. The van der Waals surface area contributed by atoms with Gasteiger partial charge in [0.2, 0.25) is 5.95 Å². The Labute approximate surface area is 112 Å². The molecule has 1 aliphatic heterocycles. The summed E-state index contributed by atoms with van der Waals surface area (Å²) in [6.07, 6.45) is 0.903. The summed E-state index contributed by atoms with van der Waals surface area (Å²) in [4.78, 5) is 8.85. The molecular formula is C14H17N5. The van der Waals surface area contributed by atoms with E-state index in [1.165, 1.54) is 5.56 Å². The van der Waals surface area contributed by atoms with E-state index in [-0.39, 0.29) is 0 Å². The van der Waals surface area contributed by atoms with E-state index in [4.69, 9.17) is 5.73 Å². The van der Waals surface area contributed by atoms with Gasteiger partial charge in [-0.15, -0.1) is 0 Å². The number of fused-ring (bicyclic) bond motifs is 1. The van der Waals surface area contributed by atoms with E-state index < -0.39 is 0 Å². The highest BCUT2D eigenvalue weighted by Crippen LogP contribution is 2.19. The number of benzene rings is 1. The Hall–Kier alpha value is -2.14. The number of nitrogens with zero attached hydrogens (tertiary/aromatic N) is 2. The predicted molar refractivity (Wildman–Crippen MR) is 75.6 cm³/mol. The van der Waals surface area contributed by atoms with Crippen LogP contribution in [-0.2, 0) is 19.5 Å². The quantitative estimate of drug-likeness (QED) is 0.771. The molecule has 2 heterocycles. The summed E-state index contributed by atoms with van der Waals surface area (Å²) < 4.78 is 0. The second-order valence-corrected chi connectivity index (χ2v) is 4.62. The summed E-state index contributed by atoms with van der Waals surface area (Å²) in [7, 11) is 0. The van der Waals surface area contributed by atoms with Crippen molar-refractivity contribution in [3.63, 3.8) is 0 Å². The van der Waals surface area contributed by atoms with Crippen LogP contribution in [-0.4, -0.2) is 16.5 Å². The Morgan fingerprint density at radius 1 is 1.21 bits per heavy atom. The summed E-state index contributed by atoms with van der Waals surface area (Å²) in [6, 6.07) is 10.2. The maximum atomic E-state index is 5.99. The zero-order valence-corrected chi connectivity index (χ0v) is 10.7. The van der Waals surface area contributed by atoms with Crippen LogP contribution in [0, 0.1) is 0 Å². The lowest BCUT2D eigenvalue weighted by Gasteiger charge is -2.18. The third kappa shape index (κ3) is 2.66. The number of rotatable bonds is 3. The van der Waals surface area contributed by atoms with Crippen molar-refractivity contribution in [2.75, 3.05) is 17.6 Å². The van der Waals surface area contributed by atoms with Gasteiger partial charge in [-0.25, -0.2) is 4.98 Å². The Balaban J connectivity index is 1.76. The molecule has 0 saturated carbocycles. The van der Waals surface area contributed by atoms with Crippen LogP contribution in [0.15, 0.2) is 30.3 Å². The molecule has 0 atom stereocenters. The maximum absolute atomic E-state index is 5.99. The lowest BCUT2D eigenvalue weighted by Crippen LogP contribution is -2.26. The van der Waals surface area contributed by atoms with E-state index >= 15 is 0 Å². The van der Waals surface area contributed by atoms with Crippen molar-refractivity contribution in [2.45, 2.75) is 19.5 Å². The average Bonchev–Trinajstić information content (AvgIpc) is 2.46. The van der Waals surface area contributed by atoms with Crippen LogP contribution in [0.5, 0.6) is 0 Å². The molecule has 0 bridgehead atoms. The first kappa shape index (κ1) is 11.9. The van der Waals surface area contributed by atoms with Gasteiger partial charge in [-0.1, -0.05) is 30.3 Å². The minimum absolute atomic E-state index is 0.599. The van der Waals surface area contributed by atoms with Crippen molar-refractivity contribution in [3.8, 4) is 0 Å². The number of nitrogen functional groups attached to an aromatic ring is 1. The third-order valence-corrected chi connectivity index (χ3v) is 3.26. The molecule has 0 amide bonds. The minimum Gasteiger partial charge on any atom is -0.383 e. The maximum Gasteiger partial charge on any atom is 0.225 e. The van der Waals surface area contributed by atoms with Gasteiger partial charge in [0.05, 0.1) is 5.69 Å². The van der Waals surface area contributed by atoms with E-state index in [1.54, 1.807) is 0 Å². The molecule has 0 radical (unpaired) electrons. The Morgan fingerprint density at radius 3 is 2.89 bits per heavy atom. The van der Waals surface area contributed by atoms with Crippen LogP contribution in [0.2, 0.25) is 0 Å². The standard InChI is InChI=1S/C14H17N5/c15-13-11-6-7-16-9-12(11)18-14(19-13)17-8-10-4-2-1-3-5-10/h1-5,16H,6-9H2,(H3,15,17,18,19). The molecule has 19 heavy (non-hydrogen) atoms. The van der Waals surface area contributed by atoms with Crippen LogP contribution in [0.1, 0.15) is 16.8 Å². The van der Waals surface area contributed by atoms with Crippen molar-refractivity contribution >= 4 is 11.8 Å². The van der Waals surface area contributed by atoms with Crippen LogP contribution in [0.3, 0.4) is 0 Å². The predicted octanol–water partition coefficient (Wildman–Crippen LogP) is 1.32. The molecule has 4 N–H and O–H groups in total. The number of hydrogen-bond donors (Lipinski definition) is 3. The number of aromatic nitrogens is 2. The summed E-state index contributed by atoms with van der Waals surface area (Å²) in [6.45, 7) is 2.41. The van der Waals surface area contributed by atoms with Crippen molar-refractivity contribution in [2.24, 2.45) is 0 Å². The summed E-state index contributed by atoms with van der Waals surface area (Å²) in [5.41, 5.74) is 9.28. The van der Waals surface area contributed by atoms with Crippen molar-refractivity contribution in [1.29, 1.82) is 0 Å². The molecule has 5 heteroatoms. The van der Waals surface area contributed by atoms with Gasteiger partial charge in [-0.2, -0.15) is 4.98 Å². The van der Waals surface area contributed by atoms with Gasteiger partial charge in [-0.05, 0) is 18.5 Å². The first-order valence-corrected chi connectivity index (χ1v) is 6.47. The molecular weight excluding hydrogens is 238 g/mol. The van der Waals surface area contributed by atoms with E-state index in [1.807, 2.05) is 18.2 Å². The van der Waals surface area contributed by atoms with Gasteiger partial charge >= 0.3 is 0 Å². The van der Waals surface area contributed by atoms with Crippen molar-refractivity contribution in [3.05, 3.63) is 47.2 Å². The Bertz CT molecular complexity index is 568. The van der Waals surface area contributed by atoms with E-state index in [0.29, 0.717) is 18.3 Å². The summed E-state index contributed by atoms with van der Waals surface area (Å²) in [5, 5.41) is 6.52. The van der Waals surface area contributed by atoms with E-state index in [0.717, 1.165) is 30.8 Å². The summed E-state index contributed by atoms with van der Waals surface area (Å²) in [5.74, 6) is 1.20. The second kappa shape index (κ2) is 5.24. The number of hydrogen-bond acceptors (Lipinski definition) is 5. The smallest absolute Gasteiger partial charge is 0.225 e. The highest BCUT2D eigenvalue weighted by molar-refractivity contribution is 5.48. The molecule has 5 nitrogen and oxygen atoms in total. The van der Waals surface area contributed by atoms with Gasteiger partial charge < -0.3 is 16.4 Å². The molecule has 0 fully saturated rings. The van der Waals surface area contributed by atoms with Crippen molar-refractivity contribution < 1.29 is 0 Å². The molecule has 1 aromatic heterocycles. The molecule has 98 valence electrons. The van der Waals surface area contributed by atoms with Crippen molar-refractivity contribution in [1.82, 2.24) is 15.3 Å². The van der Waals surface area contributed by atoms with E-state index in [9.17, 15) is 0 Å². The molecule has 2 aromatic rings. The number of anilines is 2. The molecule has 3 rings (SSSR count). The lowest BCUT2D eigenvalue weighted by atomic mass is 10.1. The zero-order chi connectivity index (χ0) is 13.1. The number of nitrogens with one attached hydrogen (secondary N) is 2. The van der Waals surface area contributed by atoms with Gasteiger partial charge in [0.25, 0.3) is 0 Å². The lowest BCUT2D eigenvalue weighted by molar-refractivity contribution is 0.625. The minimum atomic E-state index is 0.599. The SMILES string of the molecule is Nc1nc(NCc2ccccc2)nc2c1CCNC2. The highest BCUT2D eigenvalue weighted by atomic mass is 15.1. The molecule has 1 aliphatic rings. The average molecular weight is 255 g/mol. The van der Waals surface area contributed by atoms with Gasteiger partial charge in [-0.3, -0.25) is 0 Å². The second-order valence-electron chi connectivity index (χ2n) is 4.62. The largest absolute Gasteiger partial charge is 0.383 e. The van der Waals surface area contributed by atoms with Gasteiger partial charge in [0, 0.05) is 18.7 Å². The fourth-order valence-corrected chi connectivity index (χ4v) is 2.24. The fourth-order valence-electron chi connectivity index (χ4n) is 2.24. The third-order valence-electron chi connectivity index (χ3n) is 3.26. The molecule has 0 spiro atoms. The van der Waals surface area contributed by atoms with Gasteiger partial charge in [0.15, 0.2) is 0 Å². The molecule has 0 aliphatic carbocycles. The van der Waals surface area contributed by atoms with Crippen LogP contribution in [0.25, 0.3) is 0 Å². The van der Waals surface area contributed by atoms with E-state index in [2.05, 4.69) is 32.7 Å². The molecule has 0 unspecified atom stereocenters. The van der Waals surface area contributed by atoms with Crippen LogP contribution < -0.4 is 16.4 Å². The van der Waals surface area contributed by atoms with Crippen LogP contribution in [0.4, 0.5) is 11.8 Å². The monoisotopic (exact) mass is 255 g/mol. The van der Waals surface area contributed by atoms with Crippen LogP contribution >= 0.6 is 0 Å². The molecule has 0 saturated heterocycles. The Kier molecular flexibility index (Phi) is 3.29. The summed E-state index contributed by atoms with van der Waals surface area (Å²) >= 11 is 0. The topological polar surface area (TPSA) is 75.9 Å². The normalized spacial score (nSPS) is 13.9. The zero-order valence-electron chi connectivity index (χ0n) is 10.7. The molecule has 1 aromatic carbocycles. The first-order chi connectivity index (χ1) is 9.33. The first-order valence-electron chi connectivity index (χ1n) is 6.47. The van der Waals surface area contributed by atoms with Gasteiger partial charge in [0.1, 0.15) is 5.82 Å².